The van der Waals surface area contributed by atoms with Gasteiger partial charge in [0, 0.05) is 5.56 Å². The van der Waals surface area contributed by atoms with E-state index in [2.05, 4.69) is 10.1 Å². The fourth-order valence-electron chi connectivity index (χ4n) is 2.30. The van der Waals surface area contributed by atoms with E-state index >= 15 is 0 Å². The second-order valence-electron chi connectivity index (χ2n) is 5.25. The Morgan fingerprint density at radius 1 is 1.38 bits per heavy atom. The van der Waals surface area contributed by atoms with Crippen molar-refractivity contribution in [1.82, 2.24) is 10.1 Å². The number of hydrogen-bond donors (Lipinski definition) is 0. The van der Waals surface area contributed by atoms with Crippen LogP contribution in [-0.2, 0) is 4.79 Å². The fourth-order valence-corrected chi connectivity index (χ4v) is 2.30. The van der Waals surface area contributed by atoms with Gasteiger partial charge in [0.1, 0.15) is 11.5 Å². The Kier molecular flexibility index (Phi) is 4.73. The van der Waals surface area contributed by atoms with E-state index in [4.69, 9.17) is 9.26 Å². The summed E-state index contributed by atoms with van der Waals surface area (Å²) in [5.41, 5.74) is 0.807. The van der Waals surface area contributed by atoms with Gasteiger partial charge >= 0.3 is 0 Å². The standard InChI is InChI=1S/C16H20N2O3/c1-5-20-13-8-6-7-12(9-13)15-17-16(21-18-15)14(10(2)3)11(4)19/h6-10,14H,5H2,1-4H3. The number of ketones is 1. The third kappa shape index (κ3) is 3.48. The average Bonchev–Trinajstić information content (AvgIpc) is 2.88. The molecule has 0 saturated heterocycles. The summed E-state index contributed by atoms with van der Waals surface area (Å²) >= 11 is 0. The molecule has 0 aliphatic heterocycles. The Labute approximate surface area is 124 Å². The number of benzene rings is 1. The number of carbonyl (C=O) groups excluding carboxylic acids is 1. The maximum absolute atomic E-state index is 11.7. The summed E-state index contributed by atoms with van der Waals surface area (Å²) in [4.78, 5) is 16.1. The van der Waals surface area contributed by atoms with E-state index in [1.807, 2.05) is 45.0 Å². The maximum atomic E-state index is 11.7. The molecular weight excluding hydrogens is 268 g/mol. The molecule has 0 amide bonds. The summed E-state index contributed by atoms with van der Waals surface area (Å²) in [6.07, 6.45) is 0. The van der Waals surface area contributed by atoms with Crippen molar-refractivity contribution < 1.29 is 14.1 Å². The molecule has 1 heterocycles. The lowest BCUT2D eigenvalue weighted by Crippen LogP contribution is -2.15. The highest BCUT2D eigenvalue weighted by atomic mass is 16.5. The van der Waals surface area contributed by atoms with Crippen molar-refractivity contribution in [2.24, 2.45) is 5.92 Å². The van der Waals surface area contributed by atoms with Crippen LogP contribution in [0, 0.1) is 5.92 Å². The molecule has 2 aromatic rings. The molecule has 0 fully saturated rings. The number of aromatic nitrogens is 2. The topological polar surface area (TPSA) is 65.2 Å². The molecule has 0 radical (unpaired) electrons. The summed E-state index contributed by atoms with van der Waals surface area (Å²) in [6, 6.07) is 7.49. The van der Waals surface area contributed by atoms with Crippen molar-refractivity contribution in [3.8, 4) is 17.1 Å². The Hall–Kier alpha value is -2.17. The number of Topliss-reactive ketones (excluding diaryl/α,β-unsaturated/α-hetero) is 1. The van der Waals surface area contributed by atoms with Gasteiger partial charge in [-0.15, -0.1) is 0 Å². The number of carbonyl (C=O) groups is 1. The van der Waals surface area contributed by atoms with Gasteiger partial charge in [-0.25, -0.2) is 0 Å². The largest absolute Gasteiger partial charge is 0.494 e. The molecule has 21 heavy (non-hydrogen) atoms. The number of rotatable bonds is 6. The molecule has 0 saturated carbocycles. The van der Waals surface area contributed by atoms with E-state index in [-0.39, 0.29) is 17.6 Å². The highest BCUT2D eigenvalue weighted by molar-refractivity contribution is 5.82. The molecular formula is C16H20N2O3. The van der Waals surface area contributed by atoms with Crippen LogP contribution < -0.4 is 4.74 Å². The summed E-state index contributed by atoms with van der Waals surface area (Å²) in [7, 11) is 0. The highest BCUT2D eigenvalue weighted by Crippen LogP contribution is 2.27. The molecule has 5 nitrogen and oxygen atoms in total. The van der Waals surface area contributed by atoms with Crippen LogP contribution in [-0.4, -0.2) is 22.5 Å². The van der Waals surface area contributed by atoms with Crippen LogP contribution in [0.15, 0.2) is 28.8 Å². The lowest BCUT2D eigenvalue weighted by atomic mass is 9.92. The molecule has 1 aromatic carbocycles. The minimum Gasteiger partial charge on any atom is -0.494 e. The molecule has 0 aliphatic carbocycles. The van der Waals surface area contributed by atoms with Gasteiger partial charge in [-0.05, 0) is 31.9 Å². The van der Waals surface area contributed by atoms with Crippen molar-refractivity contribution in [3.63, 3.8) is 0 Å². The molecule has 0 aliphatic rings. The molecule has 112 valence electrons. The molecule has 2 rings (SSSR count). The molecule has 1 atom stereocenters. The first-order valence-corrected chi connectivity index (χ1v) is 7.10. The number of hydrogen-bond acceptors (Lipinski definition) is 5. The molecule has 0 N–H and O–H groups in total. The van der Waals surface area contributed by atoms with E-state index in [1.54, 1.807) is 6.92 Å². The first-order valence-electron chi connectivity index (χ1n) is 7.10. The van der Waals surface area contributed by atoms with Gasteiger partial charge < -0.3 is 9.26 Å². The van der Waals surface area contributed by atoms with Crippen LogP contribution in [0.25, 0.3) is 11.4 Å². The Balaban J connectivity index is 2.31. The second kappa shape index (κ2) is 6.52. The minimum absolute atomic E-state index is 0.0308. The fraction of sp³-hybridized carbons (Fsp3) is 0.438. The zero-order chi connectivity index (χ0) is 15.4. The predicted octanol–water partition coefficient (Wildman–Crippen LogP) is 3.46. The molecule has 5 heteroatoms. The maximum Gasteiger partial charge on any atom is 0.237 e. The van der Waals surface area contributed by atoms with Gasteiger partial charge in [0.15, 0.2) is 0 Å². The van der Waals surface area contributed by atoms with E-state index < -0.39 is 0 Å². The van der Waals surface area contributed by atoms with Crippen LogP contribution in [0.3, 0.4) is 0 Å². The van der Waals surface area contributed by atoms with Gasteiger partial charge in [-0.3, -0.25) is 4.79 Å². The monoisotopic (exact) mass is 288 g/mol. The predicted molar refractivity (Wildman–Crippen MR) is 79.2 cm³/mol. The summed E-state index contributed by atoms with van der Waals surface area (Å²) in [6.45, 7) is 8.00. The quantitative estimate of drug-likeness (QED) is 0.814. The smallest absolute Gasteiger partial charge is 0.237 e. The molecule has 0 spiro atoms. The summed E-state index contributed by atoms with van der Waals surface area (Å²) in [5.74, 6) is 1.39. The first-order chi connectivity index (χ1) is 10.0. The van der Waals surface area contributed by atoms with Crippen LogP contribution in [0.4, 0.5) is 0 Å². The Morgan fingerprint density at radius 2 is 2.14 bits per heavy atom. The van der Waals surface area contributed by atoms with E-state index in [9.17, 15) is 4.79 Å². The van der Waals surface area contributed by atoms with Crippen molar-refractivity contribution in [2.45, 2.75) is 33.6 Å². The Bertz CT molecular complexity index is 619. The van der Waals surface area contributed by atoms with Crippen LogP contribution >= 0.6 is 0 Å². The lowest BCUT2D eigenvalue weighted by Gasteiger charge is -2.12. The van der Waals surface area contributed by atoms with Crippen molar-refractivity contribution in [2.75, 3.05) is 6.61 Å². The van der Waals surface area contributed by atoms with Crippen molar-refractivity contribution in [1.29, 1.82) is 0 Å². The van der Waals surface area contributed by atoms with Crippen LogP contribution in [0.1, 0.15) is 39.5 Å². The van der Waals surface area contributed by atoms with Crippen molar-refractivity contribution in [3.05, 3.63) is 30.2 Å². The number of ether oxygens (including phenoxy) is 1. The van der Waals surface area contributed by atoms with Gasteiger partial charge in [-0.2, -0.15) is 4.98 Å². The van der Waals surface area contributed by atoms with Crippen molar-refractivity contribution >= 4 is 5.78 Å². The van der Waals surface area contributed by atoms with Crippen LogP contribution in [0.2, 0.25) is 0 Å². The molecule has 1 aromatic heterocycles. The van der Waals surface area contributed by atoms with E-state index in [0.29, 0.717) is 18.3 Å². The zero-order valence-electron chi connectivity index (χ0n) is 12.8. The van der Waals surface area contributed by atoms with Crippen LogP contribution in [0.5, 0.6) is 5.75 Å². The molecule has 1 unspecified atom stereocenters. The van der Waals surface area contributed by atoms with Gasteiger partial charge in [0.25, 0.3) is 0 Å². The average molecular weight is 288 g/mol. The lowest BCUT2D eigenvalue weighted by molar-refractivity contribution is -0.119. The van der Waals surface area contributed by atoms with Gasteiger partial charge in [0.05, 0.1) is 12.5 Å². The van der Waals surface area contributed by atoms with E-state index in [1.165, 1.54) is 0 Å². The van der Waals surface area contributed by atoms with Gasteiger partial charge in [-0.1, -0.05) is 31.1 Å². The van der Waals surface area contributed by atoms with E-state index in [0.717, 1.165) is 11.3 Å². The minimum atomic E-state index is -0.360. The SMILES string of the molecule is CCOc1cccc(-c2noc(C(C(C)=O)C(C)C)n2)c1. The summed E-state index contributed by atoms with van der Waals surface area (Å²) in [5, 5.41) is 3.98. The first kappa shape index (κ1) is 15.2. The molecule has 0 bridgehead atoms. The number of nitrogens with zero attached hydrogens (tertiary/aromatic N) is 2. The van der Waals surface area contributed by atoms with Gasteiger partial charge in [0.2, 0.25) is 11.7 Å². The third-order valence-corrected chi connectivity index (χ3v) is 3.22. The second-order valence-corrected chi connectivity index (χ2v) is 5.25. The normalized spacial score (nSPS) is 12.4. The Morgan fingerprint density at radius 3 is 2.76 bits per heavy atom. The summed E-state index contributed by atoms with van der Waals surface area (Å²) < 4.78 is 10.7. The third-order valence-electron chi connectivity index (χ3n) is 3.22. The zero-order valence-corrected chi connectivity index (χ0v) is 12.8. The highest BCUT2D eigenvalue weighted by Gasteiger charge is 2.27.